The predicted octanol–water partition coefficient (Wildman–Crippen LogP) is 2.39. The van der Waals surface area contributed by atoms with Gasteiger partial charge in [-0.25, -0.2) is 4.98 Å². The number of hydrogen-bond acceptors (Lipinski definition) is 3. The van der Waals surface area contributed by atoms with Crippen molar-refractivity contribution in [3.05, 3.63) is 34.3 Å². The summed E-state index contributed by atoms with van der Waals surface area (Å²) >= 11 is 3.42. The average Bonchev–Trinajstić information content (AvgIpc) is 2.94. The van der Waals surface area contributed by atoms with Crippen LogP contribution < -0.4 is 5.32 Å². The highest BCUT2D eigenvalue weighted by molar-refractivity contribution is 9.10. The first-order chi connectivity index (χ1) is 8.29. The fourth-order valence-corrected chi connectivity index (χ4v) is 2.65. The Morgan fingerprint density at radius 2 is 2.47 bits per heavy atom. The number of aromatic nitrogens is 2. The standard InChI is InChI=1S/C12H11BrN4/c13-8-3-5-17-11(6-8)10(7-14)16-12(17)9-2-1-4-15-9/h3,5-6,9,15H,1-2,4H2. The third kappa shape index (κ3) is 1.74. The van der Waals surface area contributed by atoms with E-state index >= 15 is 0 Å². The highest BCUT2D eigenvalue weighted by Gasteiger charge is 2.22. The fraction of sp³-hybridized carbons (Fsp3) is 0.333. The van der Waals surface area contributed by atoms with Crippen LogP contribution in [0.15, 0.2) is 22.8 Å². The summed E-state index contributed by atoms with van der Waals surface area (Å²) in [4.78, 5) is 4.45. The van der Waals surface area contributed by atoms with Crippen LogP contribution in [0.25, 0.3) is 5.52 Å². The highest BCUT2D eigenvalue weighted by atomic mass is 79.9. The molecule has 1 N–H and O–H groups in total. The minimum absolute atomic E-state index is 0.269. The molecule has 86 valence electrons. The second-order valence-electron chi connectivity index (χ2n) is 4.18. The van der Waals surface area contributed by atoms with Crippen molar-refractivity contribution in [3.63, 3.8) is 0 Å². The average molecular weight is 291 g/mol. The minimum atomic E-state index is 0.269. The third-order valence-electron chi connectivity index (χ3n) is 3.11. The van der Waals surface area contributed by atoms with Gasteiger partial charge in [0, 0.05) is 10.7 Å². The summed E-state index contributed by atoms with van der Waals surface area (Å²) in [7, 11) is 0. The Bertz CT molecular complexity index is 605. The molecule has 1 saturated heterocycles. The predicted molar refractivity (Wildman–Crippen MR) is 67.6 cm³/mol. The largest absolute Gasteiger partial charge is 0.307 e. The SMILES string of the molecule is N#Cc1nc(C2CCCN2)n2ccc(Br)cc12. The van der Waals surface area contributed by atoms with Gasteiger partial charge in [-0.2, -0.15) is 5.26 Å². The molecule has 2 aromatic rings. The van der Waals surface area contributed by atoms with Gasteiger partial charge in [0.2, 0.25) is 0 Å². The molecule has 2 aromatic heterocycles. The van der Waals surface area contributed by atoms with Gasteiger partial charge in [0.15, 0.2) is 5.69 Å². The maximum atomic E-state index is 9.12. The summed E-state index contributed by atoms with van der Waals surface area (Å²) in [6.45, 7) is 1.03. The van der Waals surface area contributed by atoms with Crippen LogP contribution in [0, 0.1) is 11.3 Å². The van der Waals surface area contributed by atoms with E-state index < -0.39 is 0 Å². The van der Waals surface area contributed by atoms with E-state index in [1.165, 1.54) is 0 Å². The molecule has 0 aliphatic carbocycles. The van der Waals surface area contributed by atoms with E-state index in [2.05, 4.69) is 32.3 Å². The highest BCUT2D eigenvalue weighted by Crippen LogP contribution is 2.26. The Hall–Kier alpha value is -1.38. The lowest BCUT2D eigenvalue weighted by atomic mass is 10.2. The number of rotatable bonds is 1. The van der Waals surface area contributed by atoms with Crippen molar-refractivity contribution in [1.82, 2.24) is 14.7 Å². The number of nitrogens with one attached hydrogen (secondary N) is 1. The third-order valence-corrected chi connectivity index (χ3v) is 3.60. The maximum absolute atomic E-state index is 9.12. The molecule has 4 nitrogen and oxygen atoms in total. The van der Waals surface area contributed by atoms with Crippen molar-refractivity contribution >= 4 is 21.4 Å². The Morgan fingerprint density at radius 3 is 3.18 bits per heavy atom. The van der Waals surface area contributed by atoms with E-state index in [0.717, 1.165) is 35.2 Å². The lowest BCUT2D eigenvalue weighted by Crippen LogP contribution is -2.15. The first-order valence-corrected chi connectivity index (χ1v) is 6.40. The van der Waals surface area contributed by atoms with Crippen molar-refractivity contribution in [2.75, 3.05) is 6.54 Å². The lowest BCUT2D eigenvalue weighted by molar-refractivity contribution is 0.602. The monoisotopic (exact) mass is 290 g/mol. The molecule has 5 heteroatoms. The number of nitrogens with zero attached hydrogens (tertiary/aromatic N) is 3. The molecule has 1 fully saturated rings. The summed E-state index contributed by atoms with van der Waals surface area (Å²) in [6, 6.07) is 6.33. The Labute approximate surface area is 107 Å². The van der Waals surface area contributed by atoms with Gasteiger partial charge in [0.05, 0.1) is 11.6 Å². The molecule has 1 aliphatic heterocycles. The molecule has 0 radical (unpaired) electrons. The summed E-state index contributed by atoms with van der Waals surface area (Å²) in [5.41, 5.74) is 1.36. The van der Waals surface area contributed by atoms with Crippen molar-refractivity contribution in [2.45, 2.75) is 18.9 Å². The normalized spacial score (nSPS) is 19.6. The molecule has 1 unspecified atom stereocenters. The van der Waals surface area contributed by atoms with E-state index in [1.807, 2.05) is 22.7 Å². The number of pyridine rings is 1. The van der Waals surface area contributed by atoms with Gasteiger partial charge in [-0.05, 0) is 31.5 Å². The molecular weight excluding hydrogens is 280 g/mol. The van der Waals surface area contributed by atoms with Crippen molar-refractivity contribution < 1.29 is 0 Å². The van der Waals surface area contributed by atoms with Crippen LogP contribution >= 0.6 is 15.9 Å². The molecule has 0 amide bonds. The van der Waals surface area contributed by atoms with E-state index in [9.17, 15) is 0 Å². The van der Waals surface area contributed by atoms with E-state index in [1.54, 1.807) is 0 Å². The molecule has 0 spiro atoms. The zero-order chi connectivity index (χ0) is 11.8. The number of nitriles is 1. The summed E-state index contributed by atoms with van der Waals surface area (Å²) < 4.78 is 2.97. The van der Waals surface area contributed by atoms with Crippen LogP contribution in [0.3, 0.4) is 0 Å². The van der Waals surface area contributed by atoms with Gasteiger partial charge in [-0.3, -0.25) is 0 Å². The van der Waals surface area contributed by atoms with Crippen LogP contribution in [-0.2, 0) is 0 Å². The molecule has 0 bridgehead atoms. The molecule has 3 heterocycles. The van der Waals surface area contributed by atoms with Crippen molar-refractivity contribution in [2.24, 2.45) is 0 Å². The van der Waals surface area contributed by atoms with Gasteiger partial charge in [-0.15, -0.1) is 0 Å². The van der Waals surface area contributed by atoms with E-state index in [4.69, 9.17) is 5.26 Å². The van der Waals surface area contributed by atoms with E-state index in [-0.39, 0.29) is 6.04 Å². The molecule has 17 heavy (non-hydrogen) atoms. The Kier molecular flexibility index (Phi) is 2.61. The molecule has 1 atom stereocenters. The van der Waals surface area contributed by atoms with Crippen LogP contribution in [0.4, 0.5) is 0 Å². The first-order valence-electron chi connectivity index (χ1n) is 5.60. The second kappa shape index (κ2) is 4.13. The lowest BCUT2D eigenvalue weighted by Gasteiger charge is -2.08. The topological polar surface area (TPSA) is 53.1 Å². The molecule has 0 saturated carbocycles. The van der Waals surface area contributed by atoms with Crippen LogP contribution in [0.5, 0.6) is 0 Å². The molecule has 1 aliphatic rings. The zero-order valence-electron chi connectivity index (χ0n) is 9.15. The van der Waals surface area contributed by atoms with Crippen LogP contribution in [0.1, 0.15) is 30.4 Å². The summed E-state index contributed by atoms with van der Waals surface area (Å²) in [6.07, 6.45) is 4.21. The van der Waals surface area contributed by atoms with Gasteiger partial charge >= 0.3 is 0 Å². The summed E-state index contributed by atoms with van der Waals surface area (Å²) in [5, 5.41) is 12.5. The van der Waals surface area contributed by atoms with Gasteiger partial charge in [0.1, 0.15) is 11.9 Å². The number of imidazole rings is 1. The molecular formula is C12H11BrN4. The summed E-state index contributed by atoms with van der Waals surface area (Å²) in [5.74, 6) is 0.946. The molecule has 0 aromatic carbocycles. The molecule has 3 rings (SSSR count). The first kappa shape index (κ1) is 10.8. The van der Waals surface area contributed by atoms with Crippen LogP contribution in [-0.4, -0.2) is 15.9 Å². The zero-order valence-corrected chi connectivity index (χ0v) is 10.7. The number of halogens is 1. The minimum Gasteiger partial charge on any atom is -0.307 e. The number of fused-ring (bicyclic) bond motifs is 1. The van der Waals surface area contributed by atoms with Gasteiger partial charge < -0.3 is 9.72 Å². The quantitative estimate of drug-likeness (QED) is 0.877. The van der Waals surface area contributed by atoms with Crippen LogP contribution in [0.2, 0.25) is 0 Å². The smallest absolute Gasteiger partial charge is 0.166 e. The van der Waals surface area contributed by atoms with E-state index in [0.29, 0.717) is 5.69 Å². The van der Waals surface area contributed by atoms with Gasteiger partial charge in [-0.1, -0.05) is 15.9 Å². The second-order valence-corrected chi connectivity index (χ2v) is 5.10. The maximum Gasteiger partial charge on any atom is 0.166 e. The fourth-order valence-electron chi connectivity index (χ4n) is 2.32. The Balaban J connectivity index is 2.22. The van der Waals surface area contributed by atoms with Gasteiger partial charge in [0.25, 0.3) is 0 Å². The van der Waals surface area contributed by atoms with Crippen molar-refractivity contribution in [1.29, 1.82) is 5.26 Å². The number of hydrogen-bond donors (Lipinski definition) is 1. The Morgan fingerprint density at radius 1 is 1.59 bits per heavy atom. The van der Waals surface area contributed by atoms with Crippen molar-refractivity contribution in [3.8, 4) is 6.07 Å².